The fourth-order valence-electron chi connectivity index (χ4n) is 12.0. The van der Waals surface area contributed by atoms with E-state index in [-0.39, 0.29) is 18.5 Å². The number of amides is 1. The number of allylic oxidation sites excluding steroid dienone is 3. The molecule has 2 atom stereocenters. The zero-order chi connectivity index (χ0) is 59.2. The molecule has 0 saturated carbocycles. The Labute approximate surface area is 513 Å². The van der Waals surface area contributed by atoms with Gasteiger partial charge in [-0.05, 0) is 57.8 Å². The number of hydrogen-bond donors (Lipinski definition) is 3. The van der Waals surface area contributed by atoms with Crippen LogP contribution in [0.5, 0.6) is 0 Å². The first kappa shape index (κ1) is 80.3. The summed E-state index contributed by atoms with van der Waals surface area (Å²) >= 11 is 0. The standard InChI is InChI=1S/C76H147NO5/c1-3-5-7-9-11-13-14-15-16-40-44-47-50-54-58-62-66-70-76(81)82-71-67-63-59-55-51-48-45-42-39-37-35-33-31-29-27-25-23-21-19-17-18-20-22-24-26-28-30-32-34-36-38-41-43-46-49-53-57-61-65-69-75(80)77-73(72-78)74(79)68-64-60-56-52-12-10-8-6-4-2/h17-18,64,68,73-74,78-79H,3-16,19-63,65-67,69-72H2,1-2H3,(H,77,80)/b18-17-,68-64+. The molecular weight excluding hydrogens is 1010 g/mol. The van der Waals surface area contributed by atoms with Gasteiger partial charge in [-0.15, -0.1) is 0 Å². The maximum absolute atomic E-state index is 12.4. The van der Waals surface area contributed by atoms with Crippen molar-refractivity contribution < 1.29 is 24.5 Å². The summed E-state index contributed by atoms with van der Waals surface area (Å²) in [5, 5.41) is 23.0. The van der Waals surface area contributed by atoms with Crippen molar-refractivity contribution in [2.45, 2.75) is 437 Å². The fraction of sp³-hybridized carbons (Fsp3) is 0.921. The highest BCUT2D eigenvalue weighted by atomic mass is 16.5. The van der Waals surface area contributed by atoms with Gasteiger partial charge in [0.1, 0.15) is 0 Å². The summed E-state index contributed by atoms with van der Waals surface area (Å²) in [6.07, 6.45) is 91.7. The van der Waals surface area contributed by atoms with Gasteiger partial charge in [0.05, 0.1) is 25.4 Å². The number of rotatable bonds is 71. The number of ether oxygens (including phenoxy) is 1. The lowest BCUT2D eigenvalue weighted by molar-refractivity contribution is -0.143. The van der Waals surface area contributed by atoms with E-state index in [9.17, 15) is 19.8 Å². The molecule has 0 aromatic rings. The highest BCUT2D eigenvalue weighted by Gasteiger charge is 2.18. The molecule has 0 rings (SSSR count). The SMILES string of the molecule is CCCCCCCCC/C=C/C(O)C(CO)NC(=O)CCCCCCCCCCCCCCCCCCC/C=C\CCCCCCCCCCCCCCCCCCCCOC(=O)CCCCCCCCCCCCCCCCCCC. The number of aliphatic hydroxyl groups excluding tert-OH is 2. The van der Waals surface area contributed by atoms with Crippen LogP contribution < -0.4 is 5.32 Å². The minimum atomic E-state index is -0.838. The Morgan fingerprint density at radius 3 is 0.866 bits per heavy atom. The highest BCUT2D eigenvalue weighted by molar-refractivity contribution is 5.76. The van der Waals surface area contributed by atoms with Crippen LogP contribution in [0.4, 0.5) is 0 Å². The summed E-state index contributed by atoms with van der Waals surface area (Å²) in [7, 11) is 0. The quantitative estimate of drug-likeness (QED) is 0.0320. The molecule has 82 heavy (non-hydrogen) atoms. The van der Waals surface area contributed by atoms with Gasteiger partial charge in [0.2, 0.25) is 5.91 Å². The molecule has 0 fully saturated rings. The molecule has 2 unspecified atom stereocenters. The predicted octanol–water partition coefficient (Wildman–Crippen LogP) is 24.5. The molecule has 1 amide bonds. The molecule has 0 aliphatic rings. The van der Waals surface area contributed by atoms with E-state index < -0.39 is 12.1 Å². The second kappa shape index (κ2) is 71.8. The van der Waals surface area contributed by atoms with Crippen molar-refractivity contribution in [2.24, 2.45) is 0 Å². The third-order valence-electron chi connectivity index (χ3n) is 17.7. The van der Waals surface area contributed by atoms with Crippen molar-refractivity contribution in [1.29, 1.82) is 0 Å². The largest absolute Gasteiger partial charge is 0.466 e. The third-order valence-corrected chi connectivity index (χ3v) is 17.7. The van der Waals surface area contributed by atoms with Crippen molar-refractivity contribution in [1.82, 2.24) is 5.32 Å². The van der Waals surface area contributed by atoms with Crippen LogP contribution in [0.15, 0.2) is 24.3 Å². The second-order valence-electron chi connectivity index (χ2n) is 26.0. The number of nitrogens with one attached hydrogen (secondary N) is 1. The Hall–Kier alpha value is -1.66. The molecule has 486 valence electrons. The molecule has 0 heterocycles. The van der Waals surface area contributed by atoms with Crippen LogP contribution in [0.2, 0.25) is 0 Å². The molecule has 0 aliphatic carbocycles. The van der Waals surface area contributed by atoms with Crippen molar-refractivity contribution in [3.63, 3.8) is 0 Å². The van der Waals surface area contributed by atoms with Crippen LogP contribution in [0.3, 0.4) is 0 Å². The lowest BCUT2D eigenvalue weighted by Crippen LogP contribution is -2.45. The van der Waals surface area contributed by atoms with E-state index in [0.717, 1.165) is 38.5 Å². The summed E-state index contributed by atoms with van der Waals surface area (Å²) in [6, 6.07) is -0.622. The molecule has 0 bridgehead atoms. The van der Waals surface area contributed by atoms with E-state index in [2.05, 4.69) is 31.3 Å². The minimum Gasteiger partial charge on any atom is -0.466 e. The maximum atomic E-state index is 12.4. The normalized spacial score (nSPS) is 12.6. The van der Waals surface area contributed by atoms with Crippen LogP contribution in [0.25, 0.3) is 0 Å². The van der Waals surface area contributed by atoms with Gasteiger partial charge in [-0.25, -0.2) is 0 Å². The number of esters is 1. The van der Waals surface area contributed by atoms with E-state index in [1.165, 1.54) is 360 Å². The topological polar surface area (TPSA) is 95.9 Å². The minimum absolute atomic E-state index is 0.0270. The molecular formula is C76H147NO5. The Morgan fingerprint density at radius 1 is 0.329 bits per heavy atom. The molecule has 0 aliphatic heterocycles. The fourth-order valence-corrected chi connectivity index (χ4v) is 12.0. The molecule has 3 N–H and O–H groups in total. The number of carbonyl (C=O) groups is 2. The molecule has 6 heteroatoms. The second-order valence-corrected chi connectivity index (χ2v) is 26.0. The van der Waals surface area contributed by atoms with Crippen molar-refractivity contribution in [3.05, 3.63) is 24.3 Å². The molecule has 0 spiro atoms. The maximum Gasteiger partial charge on any atom is 0.305 e. The Morgan fingerprint density at radius 2 is 0.573 bits per heavy atom. The average molecular weight is 1160 g/mol. The summed E-state index contributed by atoms with van der Waals surface area (Å²) in [5.74, 6) is -0.0376. The van der Waals surface area contributed by atoms with Gasteiger partial charge in [-0.3, -0.25) is 9.59 Å². The Balaban J connectivity index is 3.28. The van der Waals surface area contributed by atoms with E-state index in [4.69, 9.17) is 4.74 Å². The zero-order valence-electron chi connectivity index (χ0n) is 55.8. The van der Waals surface area contributed by atoms with E-state index in [1.807, 2.05) is 6.08 Å². The number of aliphatic hydroxyl groups is 2. The first-order valence-electron chi connectivity index (χ1n) is 37.6. The van der Waals surface area contributed by atoms with Crippen LogP contribution in [0, 0.1) is 0 Å². The lowest BCUT2D eigenvalue weighted by Gasteiger charge is -2.20. The van der Waals surface area contributed by atoms with Crippen LogP contribution in [0.1, 0.15) is 425 Å². The first-order valence-corrected chi connectivity index (χ1v) is 37.6. The summed E-state index contributed by atoms with van der Waals surface area (Å²) in [4.78, 5) is 24.5. The molecule has 6 nitrogen and oxygen atoms in total. The Kier molecular flexibility index (Phi) is 70.4. The Bertz CT molecular complexity index is 1280. The number of unbranched alkanes of at least 4 members (excludes halogenated alkanes) is 58. The van der Waals surface area contributed by atoms with Crippen LogP contribution in [-0.2, 0) is 14.3 Å². The lowest BCUT2D eigenvalue weighted by atomic mass is 10.0. The van der Waals surface area contributed by atoms with Crippen molar-refractivity contribution in [2.75, 3.05) is 13.2 Å². The van der Waals surface area contributed by atoms with Gasteiger partial charge in [0, 0.05) is 12.8 Å². The van der Waals surface area contributed by atoms with Crippen LogP contribution >= 0.6 is 0 Å². The average Bonchev–Trinajstić information content (AvgIpc) is 3.48. The van der Waals surface area contributed by atoms with Crippen molar-refractivity contribution in [3.8, 4) is 0 Å². The van der Waals surface area contributed by atoms with Gasteiger partial charge < -0.3 is 20.3 Å². The van der Waals surface area contributed by atoms with E-state index in [0.29, 0.717) is 19.4 Å². The monoisotopic (exact) mass is 1150 g/mol. The predicted molar refractivity (Wildman–Crippen MR) is 361 cm³/mol. The van der Waals surface area contributed by atoms with E-state index in [1.54, 1.807) is 6.08 Å². The molecule has 0 radical (unpaired) electrons. The van der Waals surface area contributed by atoms with Crippen molar-refractivity contribution >= 4 is 11.9 Å². The molecule has 0 saturated heterocycles. The number of carbonyl (C=O) groups excluding carboxylic acids is 2. The molecule has 0 aromatic carbocycles. The summed E-state index contributed by atoms with van der Waals surface area (Å²) in [5.41, 5.74) is 0. The highest BCUT2D eigenvalue weighted by Crippen LogP contribution is 2.19. The zero-order valence-corrected chi connectivity index (χ0v) is 55.8. The van der Waals surface area contributed by atoms with Gasteiger partial charge in [0.25, 0.3) is 0 Å². The van der Waals surface area contributed by atoms with Gasteiger partial charge in [-0.1, -0.05) is 378 Å². The van der Waals surface area contributed by atoms with Gasteiger partial charge in [-0.2, -0.15) is 0 Å². The third kappa shape index (κ3) is 67.5. The number of hydrogen-bond acceptors (Lipinski definition) is 5. The van der Waals surface area contributed by atoms with Gasteiger partial charge >= 0.3 is 5.97 Å². The van der Waals surface area contributed by atoms with E-state index >= 15 is 0 Å². The van der Waals surface area contributed by atoms with Crippen LogP contribution in [-0.4, -0.2) is 47.4 Å². The van der Waals surface area contributed by atoms with Gasteiger partial charge in [0.15, 0.2) is 0 Å². The first-order chi connectivity index (χ1) is 40.5. The smallest absolute Gasteiger partial charge is 0.305 e. The molecule has 0 aromatic heterocycles. The summed E-state index contributed by atoms with van der Waals surface area (Å²) < 4.78 is 5.51. The summed E-state index contributed by atoms with van der Waals surface area (Å²) in [6.45, 7) is 4.92.